The molecule has 0 spiro atoms. The molecule has 6 bridgehead atoms. The van der Waals surface area contributed by atoms with E-state index < -0.39 is 0 Å². The van der Waals surface area contributed by atoms with Crippen LogP contribution in [0.5, 0.6) is 0 Å². The van der Waals surface area contributed by atoms with Crippen molar-refractivity contribution in [1.82, 2.24) is 0 Å². The van der Waals surface area contributed by atoms with Gasteiger partial charge in [-0.1, -0.05) is 33.1 Å². The number of hydrogen-bond donors (Lipinski definition) is 0. The molecule has 0 aromatic heterocycles. The third kappa shape index (κ3) is 2.58. The van der Waals surface area contributed by atoms with Gasteiger partial charge in [-0.3, -0.25) is 4.79 Å². The van der Waals surface area contributed by atoms with Crippen molar-refractivity contribution in [3.63, 3.8) is 0 Å². The highest BCUT2D eigenvalue weighted by atomic mass is 16.6. The maximum absolute atomic E-state index is 13.5. The van der Waals surface area contributed by atoms with Gasteiger partial charge in [0, 0.05) is 0 Å². The van der Waals surface area contributed by atoms with Crippen LogP contribution in [-0.4, -0.2) is 11.6 Å². The van der Waals surface area contributed by atoms with E-state index in [1.54, 1.807) is 19.3 Å². The standard InChI is InChI=1S/C32H48O2/c1-4-16-11-17(5-2)26-22-14-21(25(16)26)29-23-15-24(30(22)29)28-19-12-18(27(23)28)13-20(19)31(33)34-32(3)9-7-6-8-10-32/h16-30H,4-15H2,1-3H3. The number of rotatable bonds is 4. The van der Waals surface area contributed by atoms with Crippen LogP contribution in [0.25, 0.3) is 0 Å². The highest BCUT2D eigenvalue weighted by Crippen LogP contribution is 2.80. The Morgan fingerprint density at radius 3 is 1.85 bits per heavy atom. The second kappa shape index (κ2) is 7.28. The predicted molar refractivity (Wildman–Crippen MR) is 134 cm³/mol. The predicted octanol–water partition coefficient (Wildman–Crippen LogP) is 7.36. The third-order valence-corrected chi connectivity index (χ3v) is 14.4. The molecule has 8 aliphatic carbocycles. The van der Waals surface area contributed by atoms with Crippen molar-refractivity contribution in [3.8, 4) is 0 Å². The Bertz CT molecular complexity index is 857. The minimum atomic E-state index is -0.163. The molecular weight excluding hydrogens is 416 g/mol. The van der Waals surface area contributed by atoms with Crippen LogP contribution >= 0.6 is 0 Å². The smallest absolute Gasteiger partial charge is 0.309 e. The fraction of sp³-hybridized carbons (Fsp3) is 0.969. The molecule has 0 aliphatic heterocycles. The van der Waals surface area contributed by atoms with Crippen molar-refractivity contribution in [2.24, 2.45) is 88.8 Å². The summed E-state index contributed by atoms with van der Waals surface area (Å²) in [6, 6.07) is 0. The lowest BCUT2D eigenvalue weighted by Gasteiger charge is -2.50. The summed E-state index contributed by atoms with van der Waals surface area (Å²) in [5, 5.41) is 0. The molecular formula is C32H48O2. The van der Waals surface area contributed by atoms with Crippen molar-refractivity contribution in [2.45, 2.75) is 103 Å². The highest BCUT2D eigenvalue weighted by Gasteiger charge is 2.75. The van der Waals surface area contributed by atoms with Gasteiger partial charge < -0.3 is 4.74 Å². The van der Waals surface area contributed by atoms with Gasteiger partial charge in [-0.2, -0.15) is 0 Å². The van der Waals surface area contributed by atoms with Crippen molar-refractivity contribution in [2.75, 3.05) is 0 Å². The Kier molecular flexibility index (Phi) is 4.61. The maximum atomic E-state index is 13.5. The van der Waals surface area contributed by atoms with Gasteiger partial charge in [0.05, 0.1) is 5.92 Å². The van der Waals surface area contributed by atoms with E-state index in [1.165, 1.54) is 44.9 Å². The van der Waals surface area contributed by atoms with Crippen molar-refractivity contribution in [3.05, 3.63) is 0 Å². The number of fused-ring (bicyclic) bond motifs is 19. The molecule has 2 heteroatoms. The molecule has 0 amide bonds. The number of carbonyl (C=O) groups excluding carboxylic acids is 1. The van der Waals surface area contributed by atoms with E-state index in [0.29, 0.717) is 5.92 Å². The van der Waals surface area contributed by atoms with Gasteiger partial charge in [0.15, 0.2) is 0 Å². The fourth-order valence-electron chi connectivity index (χ4n) is 13.8. The summed E-state index contributed by atoms with van der Waals surface area (Å²) < 4.78 is 6.35. The lowest BCUT2D eigenvalue weighted by molar-refractivity contribution is -0.170. The number of esters is 1. The van der Waals surface area contributed by atoms with Crippen LogP contribution in [0.3, 0.4) is 0 Å². The van der Waals surface area contributed by atoms with Gasteiger partial charge in [-0.25, -0.2) is 0 Å². The van der Waals surface area contributed by atoms with E-state index in [1.807, 2.05) is 0 Å². The average molecular weight is 465 g/mol. The first kappa shape index (κ1) is 21.5. The minimum Gasteiger partial charge on any atom is -0.459 e. The molecule has 8 rings (SSSR count). The quantitative estimate of drug-likeness (QED) is 0.321. The van der Waals surface area contributed by atoms with Crippen molar-refractivity contribution < 1.29 is 9.53 Å². The van der Waals surface area contributed by atoms with Gasteiger partial charge >= 0.3 is 5.97 Å². The first-order valence-electron chi connectivity index (χ1n) is 15.8. The van der Waals surface area contributed by atoms with Gasteiger partial charge in [0.25, 0.3) is 0 Å². The Balaban J connectivity index is 1.04. The molecule has 0 radical (unpaired) electrons. The summed E-state index contributed by atoms with van der Waals surface area (Å²) in [7, 11) is 0. The van der Waals surface area contributed by atoms with Gasteiger partial charge in [0.1, 0.15) is 5.60 Å². The summed E-state index contributed by atoms with van der Waals surface area (Å²) in [5.41, 5.74) is -0.163. The minimum absolute atomic E-state index is 0.163. The van der Waals surface area contributed by atoms with Crippen molar-refractivity contribution in [1.29, 1.82) is 0 Å². The maximum Gasteiger partial charge on any atom is 0.309 e. The van der Waals surface area contributed by atoms with Gasteiger partial charge in [0.2, 0.25) is 0 Å². The summed E-state index contributed by atoms with van der Waals surface area (Å²) in [4.78, 5) is 13.5. The molecule has 8 fully saturated rings. The molecule has 15 atom stereocenters. The third-order valence-electron chi connectivity index (χ3n) is 14.4. The number of carbonyl (C=O) groups is 1. The van der Waals surface area contributed by atoms with Crippen LogP contribution in [0.15, 0.2) is 0 Å². The van der Waals surface area contributed by atoms with Crippen LogP contribution in [0.4, 0.5) is 0 Å². The summed E-state index contributed by atoms with van der Waals surface area (Å²) in [6.07, 6.45) is 16.1. The van der Waals surface area contributed by atoms with E-state index >= 15 is 0 Å². The monoisotopic (exact) mass is 464 g/mol. The van der Waals surface area contributed by atoms with E-state index in [9.17, 15) is 4.79 Å². The van der Waals surface area contributed by atoms with E-state index in [0.717, 1.165) is 89.8 Å². The normalized spacial score (nSPS) is 59.3. The second-order valence-electron chi connectivity index (χ2n) is 15.1. The Morgan fingerprint density at radius 1 is 0.676 bits per heavy atom. The number of hydrogen-bond acceptors (Lipinski definition) is 2. The van der Waals surface area contributed by atoms with Crippen LogP contribution < -0.4 is 0 Å². The van der Waals surface area contributed by atoms with E-state index in [2.05, 4.69) is 20.8 Å². The Morgan fingerprint density at radius 2 is 1.24 bits per heavy atom. The molecule has 8 saturated carbocycles. The lowest BCUT2D eigenvalue weighted by Crippen LogP contribution is -2.48. The van der Waals surface area contributed by atoms with Gasteiger partial charge in [-0.05, 0) is 148 Å². The first-order valence-corrected chi connectivity index (χ1v) is 15.8. The summed E-state index contributed by atoms with van der Waals surface area (Å²) in [5.74, 6) is 14.4. The molecule has 188 valence electrons. The molecule has 0 aromatic rings. The summed E-state index contributed by atoms with van der Waals surface area (Å²) in [6.45, 7) is 7.20. The van der Waals surface area contributed by atoms with E-state index in [-0.39, 0.29) is 17.5 Å². The largest absolute Gasteiger partial charge is 0.459 e. The molecule has 15 unspecified atom stereocenters. The van der Waals surface area contributed by atoms with Crippen molar-refractivity contribution >= 4 is 5.97 Å². The summed E-state index contributed by atoms with van der Waals surface area (Å²) >= 11 is 0. The Labute approximate surface area is 207 Å². The molecule has 34 heavy (non-hydrogen) atoms. The van der Waals surface area contributed by atoms with Gasteiger partial charge in [-0.15, -0.1) is 0 Å². The van der Waals surface area contributed by atoms with Crippen LogP contribution in [0, 0.1) is 88.8 Å². The molecule has 0 heterocycles. The highest BCUT2D eigenvalue weighted by molar-refractivity contribution is 5.74. The zero-order valence-corrected chi connectivity index (χ0v) is 22.0. The molecule has 8 aliphatic rings. The molecule has 0 N–H and O–H groups in total. The lowest BCUT2D eigenvalue weighted by atomic mass is 9.55. The second-order valence-corrected chi connectivity index (χ2v) is 15.1. The van der Waals surface area contributed by atoms with E-state index in [4.69, 9.17) is 4.74 Å². The average Bonchev–Trinajstić information content (AvgIpc) is 3.64. The number of ether oxygens (including phenoxy) is 1. The van der Waals surface area contributed by atoms with Crippen LogP contribution in [-0.2, 0) is 9.53 Å². The zero-order chi connectivity index (χ0) is 22.9. The SMILES string of the molecule is CCC1CC(CC)C2C3CC(C12)C1C2CC(C4C5CC(CC5C(=O)OC5(C)CCCCC5)C24)C31. The van der Waals surface area contributed by atoms with Crippen LogP contribution in [0.2, 0.25) is 0 Å². The molecule has 2 nitrogen and oxygen atoms in total. The molecule has 0 saturated heterocycles. The molecule has 0 aromatic carbocycles. The first-order chi connectivity index (χ1) is 16.5. The zero-order valence-electron chi connectivity index (χ0n) is 22.0. The van der Waals surface area contributed by atoms with Crippen LogP contribution in [0.1, 0.15) is 97.8 Å². The fourth-order valence-corrected chi connectivity index (χ4v) is 13.8. The Hall–Kier alpha value is -0.530. The topological polar surface area (TPSA) is 26.3 Å².